The first-order valence-electron chi connectivity index (χ1n) is 8.13. The van der Waals surface area contributed by atoms with E-state index in [1.807, 2.05) is 31.4 Å². The molecule has 1 aliphatic rings. The van der Waals surface area contributed by atoms with Crippen molar-refractivity contribution < 1.29 is 0 Å². The van der Waals surface area contributed by atoms with Gasteiger partial charge in [0.15, 0.2) is 0 Å². The predicted molar refractivity (Wildman–Crippen MR) is 93.4 cm³/mol. The topological polar surface area (TPSA) is 58.3 Å². The molecule has 2 N–H and O–H groups in total. The molecule has 0 bridgehead atoms. The Bertz CT molecular complexity index is 611. The highest BCUT2D eigenvalue weighted by atomic mass is 15.2. The first-order valence-corrected chi connectivity index (χ1v) is 8.13. The molecule has 122 valence electrons. The van der Waals surface area contributed by atoms with E-state index in [4.69, 9.17) is 5.73 Å². The van der Waals surface area contributed by atoms with Gasteiger partial charge in [-0.3, -0.25) is 4.90 Å². The summed E-state index contributed by atoms with van der Waals surface area (Å²) in [5.41, 5.74) is 8.56. The number of likely N-dealkylation sites (tertiary alicyclic amines) is 1. The van der Waals surface area contributed by atoms with Crippen molar-refractivity contribution in [3.63, 3.8) is 0 Å². The van der Waals surface area contributed by atoms with Gasteiger partial charge in [-0.15, -0.1) is 0 Å². The lowest BCUT2D eigenvalue weighted by molar-refractivity contribution is 0.316. The summed E-state index contributed by atoms with van der Waals surface area (Å²) in [6, 6.07) is 10.7. The Morgan fingerprint density at radius 2 is 1.83 bits per heavy atom. The molecule has 2 heterocycles. The van der Waals surface area contributed by atoms with E-state index in [1.54, 1.807) is 0 Å². The Morgan fingerprint density at radius 3 is 2.43 bits per heavy atom. The van der Waals surface area contributed by atoms with Crippen molar-refractivity contribution >= 4 is 5.95 Å². The van der Waals surface area contributed by atoms with Crippen LogP contribution in [-0.2, 0) is 6.54 Å². The minimum atomic E-state index is 0.513. The number of nitrogens with zero attached hydrogens (tertiary/aromatic N) is 4. The summed E-state index contributed by atoms with van der Waals surface area (Å²) >= 11 is 0. The van der Waals surface area contributed by atoms with E-state index >= 15 is 0 Å². The Hall–Kier alpha value is -1.98. The highest BCUT2D eigenvalue weighted by molar-refractivity contribution is 5.27. The van der Waals surface area contributed by atoms with E-state index in [2.05, 4.69) is 45.2 Å². The third-order valence-electron chi connectivity index (χ3n) is 4.54. The van der Waals surface area contributed by atoms with Crippen LogP contribution in [0.1, 0.15) is 17.0 Å². The molecule has 2 aromatic rings. The summed E-state index contributed by atoms with van der Waals surface area (Å²) in [5.74, 6) is 1.78. The number of hydrogen-bond acceptors (Lipinski definition) is 5. The maximum Gasteiger partial charge on any atom is 0.224 e. The van der Waals surface area contributed by atoms with Gasteiger partial charge in [0.1, 0.15) is 0 Å². The normalized spacial score (nSPS) is 21.5. The van der Waals surface area contributed by atoms with E-state index in [0.29, 0.717) is 11.8 Å². The van der Waals surface area contributed by atoms with Crippen LogP contribution in [-0.4, -0.2) is 48.6 Å². The van der Waals surface area contributed by atoms with Gasteiger partial charge in [0.05, 0.1) is 0 Å². The maximum atomic E-state index is 6.01. The summed E-state index contributed by atoms with van der Waals surface area (Å²) < 4.78 is 0. The smallest absolute Gasteiger partial charge is 0.224 e. The minimum Gasteiger partial charge on any atom is -0.347 e. The van der Waals surface area contributed by atoms with E-state index in [-0.39, 0.29) is 0 Å². The first-order chi connectivity index (χ1) is 11.2. The second kappa shape index (κ2) is 7.06. The second-order valence-corrected chi connectivity index (χ2v) is 6.49. The monoisotopic (exact) mass is 311 g/mol. The van der Waals surface area contributed by atoms with E-state index in [0.717, 1.165) is 37.7 Å². The SMILES string of the molecule is CN(C)c1ncc(CN2C[C@@H](CN)[C@H](c3ccccc3)C2)cn1. The third kappa shape index (κ3) is 3.68. The molecule has 0 aliphatic carbocycles. The van der Waals surface area contributed by atoms with Gasteiger partial charge in [-0.2, -0.15) is 0 Å². The molecule has 0 saturated carbocycles. The summed E-state index contributed by atoms with van der Waals surface area (Å²) in [5, 5.41) is 0. The Balaban J connectivity index is 1.68. The molecule has 1 fully saturated rings. The van der Waals surface area contributed by atoms with Crippen LogP contribution in [0, 0.1) is 5.92 Å². The third-order valence-corrected chi connectivity index (χ3v) is 4.54. The van der Waals surface area contributed by atoms with Crippen LogP contribution in [0.2, 0.25) is 0 Å². The lowest BCUT2D eigenvalue weighted by atomic mass is 9.89. The number of anilines is 1. The maximum absolute atomic E-state index is 6.01. The van der Waals surface area contributed by atoms with Gasteiger partial charge >= 0.3 is 0 Å². The van der Waals surface area contributed by atoms with Gasteiger partial charge in [-0.25, -0.2) is 9.97 Å². The molecule has 0 unspecified atom stereocenters. The van der Waals surface area contributed by atoms with Gasteiger partial charge in [-0.1, -0.05) is 30.3 Å². The molecule has 0 spiro atoms. The summed E-state index contributed by atoms with van der Waals surface area (Å²) in [7, 11) is 3.90. The summed E-state index contributed by atoms with van der Waals surface area (Å²) in [4.78, 5) is 13.2. The molecule has 5 heteroatoms. The fourth-order valence-corrected chi connectivity index (χ4v) is 3.33. The summed E-state index contributed by atoms with van der Waals surface area (Å²) in [6.07, 6.45) is 3.85. The quantitative estimate of drug-likeness (QED) is 0.911. The van der Waals surface area contributed by atoms with Gasteiger partial charge in [-0.05, 0) is 18.0 Å². The number of aromatic nitrogens is 2. The van der Waals surface area contributed by atoms with Crippen LogP contribution in [0.25, 0.3) is 0 Å². The zero-order valence-corrected chi connectivity index (χ0v) is 13.9. The van der Waals surface area contributed by atoms with E-state index in [1.165, 1.54) is 5.56 Å². The molecule has 3 rings (SSSR count). The lowest BCUT2D eigenvalue weighted by Gasteiger charge is -2.17. The first kappa shape index (κ1) is 15.9. The van der Waals surface area contributed by atoms with Gasteiger partial charge in [0.2, 0.25) is 5.95 Å². The van der Waals surface area contributed by atoms with E-state index < -0.39 is 0 Å². The standard InChI is InChI=1S/C18H25N5/c1-22(2)18-20-9-14(10-21-18)11-23-12-16(8-19)17(13-23)15-6-4-3-5-7-15/h3-7,9-10,16-17H,8,11-13,19H2,1-2H3/t16-,17+/m1/s1. The molecule has 1 aromatic carbocycles. The zero-order valence-electron chi connectivity index (χ0n) is 13.9. The molecule has 1 saturated heterocycles. The van der Waals surface area contributed by atoms with Gasteiger partial charge in [0.25, 0.3) is 0 Å². The fraction of sp³-hybridized carbons (Fsp3) is 0.444. The van der Waals surface area contributed by atoms with Crippen LogP contribution >= 0.6 is 0 Å². The largest absolute Gasteiger partial charge is 0.347 e. The lowest BCUT2D eigenvalue weighted by Crippen LogP contribution is -2.23. The van der Waals surface area contributed by atoms with Crippen LogP contribution in [0.4, 0.5) is 5.95 Å². The highest BCUT2D eigenvalue weighted by Gasteiger charge is 2.32. The molecule has 1 aromatic heterocycles. The van der Waals surface area contributed by atoms with Gasteiger partial charge < -0.3 is 10.6 Å². The molecular weight excluding hydrogens is 286 g/mol. The van der Waals surface area contributed by atoms with Crippen molar-refractivity contribution in [2.24, 2.45) is 11.7 Å². The molecule has 0 amide bonds. The van der Waals surface area contributed by atoms with Crippen molar-refractivity contribution in [1.29, 1.82) is 0 Å². The van der Waals surface area contributed by atoms with Crippen molar-refractivity contribution in [2.45, 2.75) is 12.5 Å². The molecule has 2 atom stereocenters. The van der Waals surface area contributed by atoms with Crippen LogP contribution < -0.4 is 10.6 Å². The summed E-state index contributed by atoms with van der Waals surface area (Å²) in [6.45, 7) is 3.69. The van der Waals surface area contributed by atoms with Crippen LogP contribution in [0.3, 0.4) is 0 Å². The average Bonchev–Trinajstić information content (AvgIpc) is 2.99. The Morgan fingerprint density at radius 1 is 1.13 bits per heavy atom. The molecule has 1 aliphatic heterocycles. The fourth-order valence-electron chi connectivity index (χ4n) is 3.33. The average molecular weight is 311 g/mol. The molecular formula is C18H25N5. The van der Waals surface area contributed by atoms with E-state index in [9.17, 15) is 0 Å². The predicted octanol–water partition coefficient (Wildman–Crippen LogP) is 1.72. The number of benzene rings is 1. The van der Waals surface area contributed by atoms with Crippen molar-refractivity contribution in [3.8, 4) is 0 Å². The molecule has 0 radical (unpaired) electrons. The van der Waals surface area contributed by atoms with Crippen LogP contribution in [0.15, 0.2) is 42.7 Å². The van der Waals surface area contributed by atoms with Gasteiger partial charge in [0, 0.05) is 57.6 Å². The van der Waals surface area contributed by atoms with Crippen molar-refractivity contribution in [1.82, 2.24) is 14.9 Å². The Kier molecular flexibility index (Phi) is 4.88. The minimum absolute atomic E-state index is 0.513. The molecule has 5 nitrogen and oxygen atoms in total. The Labute approximate surface area is 138 Å². The zero-order chi connectivity index (χ0) is 16.2. The van der Waals surface area contributed by atoms with Crippen molar-refractivity contribution in [3.05, 3.63) is 53.9 Å². The highest BCUT2D eigenvalue weighted by Crippen LogP contribution is 2.32. The number of rotatable bonds is 5. The number of hydrogen-bond donors (Lipinski definition) is 1. The number of nitrogens with two attached hydrogens (primary N) is 1. The second-order valence-electron chi connectivity index (χ2n) is 6.49. The molecule has 23 heavy (non-hydrogen) atoms. The van der Waals surface area contributed by atoms with Crippen LogP contribution in [0.5, 0.6) is 0 Å². The van der Waals surface area contributed by atoms with Crippen molar-refractivity contribution in [2.75, 3.05) is 38.6 Å².